The molecule has 0 unspecified atom stereocenters. The SMILES string of the molecule is COc1ccc(-c2cc(C(F)(F)F)n3nc(C(=O)N(C)Cc4ccccc4)cc3n2)cc1. The molecule has 2 aromatic heterocycles. The lowest BCUT2D eigenvalue weighted by atomic mass is 10.1. The van der Waals surface area contributed by atoms with Crippen LogP contribution in [-0.2, 0) is 12.7 Å². The Hall–Kier alpha value is -3.88. The molecule has 0 saturated heterocycles. The van der Waals surface area contributed by atoms with Gasteiger partial charge in [-0.25, -0.2) is 9.50 Å². The molecule has 9 heteroatoms. The molecular weight excluding hydrogens is 421 g/mol. The molecule has 0 aliphatic rings. The van der Waals surface area contributed by atoms with E-state index >= 15 is 0 Å². The van der Waals surface area contributed by atoms with Gasteiger partial charge < -0.3 is 9.64 Å². The van der Waals surface area contributed by atoms with E-state index in [2.05, 4.69) is 10.1 Å². The van der Waals surface area contributed by atoms with Crippen LogP contribution in [0.1, 0.15) is 21.7 Å². The third-order valence-electron chi connectivity index (χ3n) is 4.93. The number of carbonyl (C=O) groups excluding carboxylic acids is 1. The maximum atomic E-state index is 13.8. The molecule has 0 atom stereocenters. The quantitative estimate of drug-likeness (QED) is 0.452. The summed E-state index contributed by atoms with van der Waals surface area (Å²) in [5.74, 6) is 0.0723. The largest absolute Gasteiger partial charge is 0.497 e. The van der Waals surface area contributed by atoms with E-state index in [1.54, 1.807) is 31.3 Å². The van der Waals surface area contributed by atoms with Crippen molar-refractivity contribution in [3.05, 3.63) is 83.7 Å². The van der Waals surface area contributed by atoms with E-state index in [0.717, 1.165) is 11.6 Å². The molecule has 0 aliphatic carbocycles. The standard InChI is InChI=1S/C23H19F3N4O2/c1-29(14-15-6-4-3-5-7-15)22(31)19-13-21-27-18(16-8-10-17(32-2)11-9-16)12-20(23(24,25)26)30(21)28-19/h3-13H,14H2,1-2H3. The van der Waals surface area contributed by atoms with Crippen LogP contribution in [0.3, 0.4) is 0 Å². The van der Waals surface area contributed by atoms with Crippen molar-refractivity contribution < 1.29 is 22.7 Å². The number of aromatic nitrogens is 3. The third-order valence-corrected chi connectivity index (χ3v) is 4.93. The molecule has 1 amide bonds. The maximum absolute atomic E-state index is 13.8. The smallest absolute Gasteiger partial charge is 0.433 e. The van der Waals surface area contributed by atoms with Gasteiger partial charge in [0, 0.05) is 25.2 Å². The molecule has 164 valence electrons. The third kappa shape index (κ3) is 4.27. The fourth-order valence-electron chi connectivity index (χ4n) is 3.32. The van der Waals surface area contributed by atoms with Crippen LogP contribution in [0, 0.1) is 0 Å². The van der Waals surface area contributed by atoms with Crippen molar-refractivity contribution in [2.45, 2.75) is 12.7 Å². The maximum Gasteiger partial charge on any atom is 0.433 e. The van der Waals surface area contributed by atoms with Crippen molar-refractivity contribution in [1.29, 1.82) is 0 Å². The number of hydrogen-bond acceptors (Lipinski definition) is 4. The Morgan fingerprint density at radius 3 is 2.38 bits per heavy atom. The lowest BCUT2D eigenvalue weighted by Gasteiger charge is -2.15. The number of methoxy groups -OCH3 is 1. The number of benzene rings is 2. The van der Waals surface area contributed by atoms with Crippen LogP contribution in [0.2, 0.25) is 0 Å². The van der Waals surface area contributed by atoms with Gasteiger partial charge in [0.15, 0.2) is 17.0 Å². The minimum Gasteiger partial charge on any atom is -0.497 e. The van der Waals surface area contributed by atoms with Crippen LogP contribution in [0.4, 0.5) is 13.2 Å². The van der Waals surface area contributed by atoms with Gasteiger partial charge in [0.05, 0.1) is 12.8 Å². The summed E-state index contributed by atoms with van der Waals surface area (Å²) >= 11 is 0. The average molecular weight is 440 g/mol. The van der Waals surface area contributed by atoms with E-state index in [0.29, 0.717) is 22.4 Å². The zero-order valence-corrected chi connectivity index (χ0v) is 17.3. The Bertz CT molecular complexity index is 1250. The van der Waals surface area contributed by atoms with E-state index in [9.17, 15) is 18.0 Å². The molecule has 0 saturated carbocycles. The second kappa shape index (κ2) is 8.33. The molecular formula is C23H19F3N4O2. The van der Waals surface area contributed by atoms with Gasteiger partial charge >= 0.3 is 6.18 Å². The lowest BCUT2D eigenvalue weighted by Crippen LogP contribution is -2.26. The molecule has 4 aromatic rings. The first-order valence-corrected chi connectivity index (χ1v) is 9.68. The highest BCUT2D eigenvalue weighted by Gasteiger charge is 2.36. The predicted octanol–water partition coefficient (Wildman–Crippen LogP) is 4.70. The van der Waals surface area contributed by atoms with Crippen LogP contribution in [0.25, 0.3) is 16.9 Å². The minimum absolute atomic E-state index is 0.0675. The molecule has 32 heavy (non-hydrogen) atoms. The summed E-state index contributed by atoms with van der Waals surface area (Å²) in [4.78, 5) is 18.5. The van der Waals surface area contributed by atoms with Crippen molar-refractivity contribution in [3.63, 3.8) is 0 Å². The van der Waals surface area contributed by atoms with E-state index in [1.165, 1.54) is 18.1 Å². The van der Waals surface area contributed by atoms with Gasteiger partial charge in [-0.2, -0.15) is 18.3 Å². The summed E-state index contributed by atoms with van der Waals surface area (Å²) < 4.78 is 47.1. The Balaban J connectivity index is 1.73. The van der Waals surface area contributed by atoms with Gasteiger partial charge in [-0.15, -0.1) is 0 Å². The molecule has 0 radical (unpaired) electrons. The summed E-state index contributed by atoms with van der Waals surface area (Å²) in [7, 11) is 3.07. The molecule has 2 aromatic carbocycles. The fraction of sp³-hybridized carbons (Fsp3) is 0.174. The molecule has 4 rings (SSSR count). The van der Waals surface area contributed by atoms with Crippen LogP contribution in [0.15, 0.2) is 66.7 Å². The Kier molecular flexibility index (Phi) is 5.56. The zero-order chi connectivity index (χ0) is 22.9. The first kappa shape index (κ1) is 21.4. The summed E-state index contributed by atoms with van der Waals surface area (Å²) in [6.45, 7) is 0.296. The predicted molar refractivity (Wildman–Crippen MR) is 112 cm³/mol. The van der Waals surface area contributed by atoms with E-state index < -0.39 is 17.8 Å². The fourth-order valence-corrected chi connectivity index (χ4v) is 3.32. The van der Waals surface area contributed by atoms with Crippen LogP contribution >= 0.6 is 0 Å². The second-order valence-corrected chi connectivity index (χ2v) is 7.20. The number of hydrogen-bond donors (Lipinski definition) is 0. The molecule has 2 heterocycles. The first-order chi connectivity index (χ1) is 15.3. The number of halogens is 3. The number of fused-ring (bicyclic) bond motifs is 1. The van der Waals surface area contributed by atoms with Gasteiger partial charge in [0.1, 0.15) is 5.75 Å². The van der Waals surface area contributed by atoms with Gasteiger partial charge in [-0.05, 0) is 35.9 Å². The zero-order valence-electron chi connectivity index (χ0n) is 17.3. The van der Waals surface area contributed by atoms with Crippen molar-refractivity contribution in [2.24, 2.45) is 0 Å². The Morgan fingerprint density at radius 2 is 1.75 bits per heavy atom. The number of amides is 1. The Labute approximate surface area is 181 Å². The monoisotopic (exact) mass is 440 g/mol. The first-order valence-electron chi connectivity index (χ1n) is 9.68. The minimum atomic E-state index is -4.69. The average Bonchev–Trinajstić information content (AvgIpc) is 3.22. The van der Waals surface area contributed by atoms with Crippen LogP contribution in [-0.4, -0.2) is 39.6 Å². The molecule has 0 spiro atoms. The van der Waals surface area contributed by atoms with Crippen molar-refractivity contribution in [2.75, 3.05) is 14.2 Å². The van der Waals surface area contributed by atoms with Crippen LogP contribution in [0.5, 0.6) is 5.75 Å². The summed E-state index contributed by atoms with van der Waals surface area (Å²) in [6, 6.07) is 18.0. The highest BCUT2D eigenvalue weighted by molar-refractivity contribution is 5.93. The summed E-state index contributed by atoms with van der Waals surface area (Å²) in [6.07, 6.45) is -4.69. The van der Waals surface area contributed by atoms with Crippen molar-refractivity contribution in [3.8, 4) is 17.0 Å². The molecule has 6 nitrogen and oxygen atoms in total. The Morgan fingerprint density at radius 1 is 1.06 bits per heavy atom. The van der Waals surface area contributed by atoms with Gasteiger partial charge in [0.2, 0.25) is 0 Å². The molecule has 0 bridgehead atoms. The number of carbonyl (C=O) groups is 1. The van der Waals surface area contributed by atoms with Crippen LogP contribution < -0.4 is 4.74 Å². The highest BCUT2D eigenvalue weighted by atomic mass is 19.4. The second-order valence-electron chi connectivity index (χ2n) is 7.20. The highest BCUT2D eigenvalue weighted by Crippen LogP contribution is 2.32. The summed E-state index contributed by atoms with van der Waals surface area (Å²) in [5, 5.41) is 3.93. The van der Waals surface area contributed by atoms with Crippen molar-refractivity contribution >= 4 is 11.6 Å². The van der Waals surface area contributed by atoms with Gasteiger partial charge in [0.25, 0.3) is 5.91 Å². The normalized spacial score (nSPS) is 11.5. The van der Waals surface area contributed by atoms with E-state index in [4.69, 9.17) is 4.74 Å². The van der Waals surface area contributed by atoms with E-state index in [-0.39, 0.29) is 17.0 Å². The molecule has 0 aliphatic heterocycles. The number of ether oxygens (including phenoxy) is 1. The van der Waals surface area contributed by atoms with Gasteiger partial charge in [-0.3, -0.25) is 4.79 Å². The molecule has 0 N–H and O–H groups in total. The number of rotatable bonds is 5. The lowest BCUT2D eigenvalue weighted by molar-refractivity contribution is -0.142. The number of alkyl halides is 3. The number of nitrogens with zero attached hydrogens (tertiary/aromatic N) is 4. The van der Waals surface area contributed by atoms with E-state index in [1.807, 2.05) is 30.3 Å². The summed E-state index contributed by atoms with van der Waals surface area (Å²) in [5.41, 5.74) is 0.287. The molecule has 0 fully saturated rings. The van der Waals surface area contributed by atoms with Crippen molar-refractivity contribution in [1.82, 2.24) is 19.5 Å². The van der Waals surface area contributed by atoms with Gasteiger partial charge in [-0.1, -0.05) is 30.3 Å². The topological polar surface area (TPSA) is 59.7 Å².